The van der Waals surface area contributed by atoms with Gasteiger partial charge in [-0.2, -0.15) is 0 Å². The highest BCUT2D eigenvalue weighted by Gasteiger charge is 2.11. The largest absolute Gasteiger partial charge is 0.271 e. The molecule has 0 amide bonds. The molecule has 1 unspecified atom stereocenters. The lowest BCUT2D eigenvalue weighted by atomic mass is 10.2. The molecule has 0 spiro atoms. The summed E-state index contributed by atoms with van der Waals surface area (Å²) in [6.07, 6.45) is 1.42. The summed E-state index contributed by atoms with van der Waals surface area (Å²) < 4.78 is 22.9. The fraction of sp³-hybridized carbons (Fsp3) is 0.571. The van der Waals surface area contributed by atoms with Crippen LogP contribution in [0, 0.1) is 6.92 Å². The van der Waals surface area contributed by atoms with Crippen molar-refractivity contribution in [2.24, 2.45) is 5.84 Å². The van der Waals surface area contributed by atoms with Crippen molar-refractivity contribution in [3.05, 3.63) is 29.8 Å². The van der Waals surface area contributed by atoms with E-state index in [-0.39, 0.29) is 17.5 Å². The molecule has 6 heteroatoms. The Hall–Kier alpha value is -0.560. The molecular formula is C14H24N2O2S2. The Morgan fingerprint density at radius 3 is 2.75 bits per heavy atom. The maximum atomic E-state index is 11.4. The number of nitrogens with two attached hydrogens (primary N) is 1. The van der Waals surface area contributed by atoms with Gasteiger partial charge >= 0.3 is 0 Å². The van der Waals surface area contributed by atoms with Crippen LogP contribution in [0.5, 0.6) is 0 Å². The van der Waals surface area contributed by atoms with Crippen LogP contribution in [0.4, 0.5) is 0 Å². The Morgan fingerprint density at radius 2 is 2.15 bits per heavy atom. The molecule has 0 saturated heterocycles. The zero-order chi connectivity index (χ0) is 15.0. The van der Waals surface area contributed by atoms with E-state index >= 15 is 0 Å². The molecule has 0 aromatic heterocycles. The lowest BCUT2D eigenvalue weighted by Crippen LogP contribution is -2.37. The third kappa shape index (κ3) is 6.74. The molecule has 114 valence electrons. The van der Waals surface area contributed by atoms with Crippen molar-refractivity contribution in [3.8, 4) is 0 Å². The molecule has 0 fully saturated rings. The molecule has 20 heavy (non-hydrogen) atoms. The molecule has 0 bridgehead atoms. The standard InChI is InChI=1S/C14H24N2O2S2/c1-3-20(17,18)9-5-7-13(16-15)11-19-14-8-4-6-12(2)10-14/h4,6,8,10,13,16H,3,5,7,9,11,15H2,1-2H3. The molecule has 4 nitrogen and oxygen atoms in total. The summed E-state index contributed by atoms with van der Waals surface area (Å²) in [5.74, 6) is 6.84. The Bertz CT molecular complexity index is 504. The molecule has 0 aliphatic carbocycles. The smallest absolute Gasteiger partial charge is 0.150 e. The van der Waals surface area contributed by atoms with Crippen LogP contribution in [0.25, 0.3) is 0 Å². The van der Waals surface area contributed by atoms with E-state index < -0.39 is 9.84 Å². The van der Waals surface area contributed by atoms with Crippen molar-refractivity contribution < 1.29 is 8.42 Å². The number of hydrazine groups is 1. The number of thioether (sulfide) groups is 1. The van der Waals surface area contributed by atoms with E-state index in [1.807, 2.05) is 6.07 Å². The van der Waals surface area contributed by atoms with Crippen LogP contribution < -0.4 is 11.3 Å². The molecule has 1 rings (SSSR count). The molecule has 1 aromatic rings. The second-order valence-electron chi connectivity index (χ2n) is 4.87. The van der Waals surface area contributed by atoms with E-state index in [0.29, 0.717) is 6.42 Å². The summed E-state index contributed by atoms with van der Waals surface area (Å²) in [5.41, 5.74) is 4.01. The van der Waals surface area contributed by atoms with Gasteiger partial charge in [-0.1, -0.05) is 24.6 Å². The van der Waals surface area contributed by atoms with Crippen molar-refractivity contribution in [2.75, 3.05) is 17.3 Å². The summed E-state index contributed by atoms with van der Waals surface area (Å²) in [6.45, 7) is 3.75. The highest BCUT2D eigenvalue weighted by atomic mass is 32.2. The lowest BCUT2D eigenvalue weighted by Gasteiger charge is -2.15. The number of benzene rings is 1. The van der Waals surface area contributed by atoms with Crippen LogP contribution in [-0.2, 0) is 9.84 Å². The van der Waals surface area contributed by atoms with Gasteiger partial charge in [-0.25, -0.2) is 8.42 Å². The highest BCUT2D eigenvalue weighted by Crippen LogP contribution is 2.20. The Morgan fingerprint density at radius 1 is 1.40 bits per heavy atom. The van der Waals surface area contributed by atoms with Gasteiger partial charge in [-0.3, -0.25) is 11.3 Å². The van der Waals surface area contributed by atoms with Crippen molar-refractivity contribution in [3.63, 3.8) is 0 Å². The maximum absolute atomic E-state index is 11.4. The minimum Gasteiger partial charge on any atom is -0.271 e. The quantitative estimate of drug-likeness (QED) is 0.415. The fourth-order valence-electron chi connectivity index (χ4n) is 1.81. The molecule has 0 aliphatic rings. The number of aryl methyl sites for hydroxylation is 1. The Labute approximate surface area is 126 Å². The van der Waals surface area contributed by atoms with E-state index in [4.69, 9.17) is 5.84 Å². The van der Waals surface area contributed by atoms with Crippen LogP contribution in [0.15, 0.2) is 29.2 Å². The van der Waals surface area contributed by atoms with Crippen molar-refractivity contribution >= 4 is 21.6 Å². The van der Waals surface area contributed by atoms with Crippen LogP contribution in [-0.4, -0.2) is 31.7 Å². The van der Waals surface area contributed by atoms with Gasteiger partial charge in [-0.15, -0.1) is 11.8 Å². The first-order valence-corrected chi connectivity index (χ1v) is 9.63. The second kappa shape index (κ2) is 8.67. The van der Waals surface area contributed by atoms with E-state index in [1.54, 1.807) is 18.7 Å². The second-order valence-corrected chi connectivity index (χ2v) is 8.44. The monoisotopic (exact) mass is 316 g/mol. The normalized spacial score (nSPS) is 13.3. The van der Waals surface area contributed by atoms with Gasteiger partial charge in [0.1, 0.15) is 9.84 Å². The van der Waals surface area contributed by atoms with Crippen LogP contribution >= 0.6 is 11.8 Å². The predicted octanol–water partition coefficient (Wildman–Crippen LogP) is 2.13. The first-order valence-electron chi connectivity index (χ1n) is 6.83. The number of nitrogens with one attached hydrogen (secondary N) is 1. The van der Waals surface area contributed by atoms with Gasteiger partial charge < -0.3 is 0 Å². The first kappa shape index (κ1) is 17.5. The summed E-state index contributed by atoms with van der Waals surface area (Å²) in [7, 11) is -2.87. The summed E-state index contributed by atoms with van der Waals surface area (Å²) in [5, 5.41) is 0. The van der Waals surface area contributed by atoms with Crippen molar-refractivity contribution in [2.45, 2.75) is 37.6 Å². The van der Waals surface area contributed by atoms with Crippen LogP contribution in [0.2, 0.25) is 0 Å². The summed E-state index contributed by atoms with van der Waals surface area (Å²) in [6, 6.07) is 8.45. The minimum atomic E-state index is -2.87. The SMILES string of the molecule is CCS(=O)(=O)CCCC(CSc1cccc(C)c1)NN. The predicted molar refractivity (Wildman–Crippen MR) is 86.6 cm³/mol. The zero-order valence-electron chi connectivity index (χ0n) is 12.1. The molecule has 1 atom stereocenters. The van der Waals surface area contributed by atoms with Gasteiger partial charge in [-0.05, 0) is 31.9 Å². The number of hydrogen-bond donors (Lipinski definition) is 2. The third-order valence-corrected chi connectivity index (χ3v) is 6.07. The molecule has 3 N–H and O–H groups in total. The minimum absolute atomic E-state index is 0.132. The molecule has 0 radical (unpaired) electrons. The van der Waals surface area contributed by atoms with E-state index in [9.17, 15) is 8.42 Å². The molecule has 0 heterocycles. The topological polar surface area (TPSA) is 72.2 Å². The van der Waals surface area contributed by atoms with Gasteiger partial charge in [0.25, 0.3) is 0 Å². The molecule has 1 aromatic carbocycles. The third-order valence-electron chi connectivity index (χ3n) is 3.12. The average Bonchev–Trinajstić information content (AvgIpc) is 2.42. The zero-order valence-corrected chi connectivity index (χ0v) is 13.8. The Balaban J connectivity index is 2.36. The van der Waals surface area contributed by atoms with Crippen molar-refractivity contribution in [1.82, 2.24) is 5.43 Å². The van der Waals surface area contributed by atoms with Crippen LogP contribution in [0.3, 0.4) is 0 Å². The Kier molecular flexibility index (Phi) is 7.58. The van der Waals surface area contributed by atoms with Crippen molar-refractivity contribution in [1.29, 1.82) is 0 Å². The van der Waals surface area contributed by atoms with Gasteiger partial charge in [0.05, 0.1) is 5.75 Å². The first-order chi connectivity index (χ1) is 9.46. The average molecular weight is 316 g/mol. The van der Waals surface area contributed by atoms with Gasteiger partial charge in [0.2, 0.25) is 0 Å². The summed E-state index contributed by atoms with van der Waals surface area (Å²) in [4.78, 5) is 1.21. The highest BCUT2D eigenvalue weighted by molar-refractivity contribution is 7.99. The van der Waals surface area contributed by atoms with E-state index in [0.717, 1.165) is 12.2 Å². The lowest BCUT2D eigenvalue weighted by molar-refractivity contribution is 0.528. The fourth-order valence-corrected chi connectivity index (χ4v) is 3.81. The van der Waals surface area contributed by atoms with Crippen LogP contribution in [0.1, 0.15) is 25.3 Å². The van der Waals surface area contributed by atoms with Gasteiger partial charge in [0.15, 0.2) is 0 Å². The van der Waals surface area contributed by atoms with E-state index in [1.165, 1.54) is 10.5 Å². The molecule has 0 aliphatic heterocycles. The number of rotatable bonds is 9. The van der Waals surface area contributed by atoms with E-state index in [2.05, 4.69) is 30.5 Å². The number of hydrogen-bond acceptors (Lipinski definition) is 5. The van der Waals surface area contributed by atoms with Gasteiger partial charge in [0, 0.05) is 22.4 Å². The number of sulfone groups is 1. The maximum Gasteiger partial charge on any atom is 0.150 e. The molecular weight excluding hydrogens is 292 g/mol. The molecule has 0 saturated carbocycles. The summed E-state index contributed by atoms with van der Waals surface area (Å²) >= 11 is 1.74.